The zero-order valence-electron chi connectivity index (χ0n) is 16.2. The van der Waals surface area contributed by atoms with E-state index in [0.29, 0.717) is 0 Å². The van der Waals surface area contributed by atoms with Crippen molar-refractivity contribution < 1.29 is 9.15 Å². The largest absolute Gasteiger partial charge is 0.457 e. The molecular weight excluding hydrogens is 338 g/mol. The average molecular weight is 367 g/mol. The molecule has 4 rings (SSSR count). The number of oxazole rings is 1. The third-order valence-electron chi connectivity index (χ3n) is 3.85. The monoisotopic (exact) mass is 367 g/mol. The van der Waals surface area contributed by atoms with Crippen molar-refractivity contribution in [2.75, 3.05) is 13.1 Å². The lowest BCUT2D eigenvalue weighted by atomic mass is 10.2. The number of hydrazine groups is 1. The summed E-state index contributed by atoms with van der Waals surface area (Å²) in [6.07, 6.45) is 8.50. The summed E-state index contributed by atoms with van der Waals surface area (Å²) < 4.78 is 10.2. The summed E-state index contributed by atoms with van der Waals surface area (Å²) in [5.74, 6) is 1.76. The van der Waals surface area contributed by atoms with Gasteiger partial charge in [-0.05, 0) is 51.0 Å². The highest BCUT2D eigenvalue weighted by Crippen LogP contribution is 2.21. The summed E-state index contributed by atoms with van der Waals surface area (Å²) >= 11 is 0. The van der Waals surface area contributed by atoms with Gasteiger partial charge in [0.05, 0.1) is 6.20 Å². The van der Waals surface area contributed by atoms with E-state index in [4.69, 9.17) is 4.74 Å². The molecule has 3 aromatic rings. The number of hydrogen-bond acceptors (Lipinski definition) is 5. The Morgan fingerprint density at radius 1 is 0.778 bits per heavy atom. The van der Waals surface area contributed by atoms with Crippen LogP contribution < -0.4 is 15.6 Å². The average Bonchev–Trinajstić information content (AvgIpc) is 3.14. The number of ether oxygens (including phenoxy) is 1. The predicted octanol–water partition coefficient (Wildman–Crippen LogP) is 5.03. The predicted molar refractivity (Wildman–Crippen MR) is 109 cm³/mol. The Morgan fingerprint density at radius 3 is 1.67 bits per heavy atom. The molecule has 1 fully saturated rings. The molecule has 2 heterocycles. The summed E-state index contributed by atoms with van der Waals surface area (Å²) in [6, 6.07) is 16.1. The van der Waals surface area contributed by atoms with Gasteiger partial charge in [0.2, 0.25) is 0 Å². The lowest BCUT2D eigenvalue weighted by molar-refractivity contribution is 0.482. The van der Waals surface area contributed by atoms with Crippen molar-refractivity contribution >= 4 is 0 Å². The number of hydrogen-bond donors (Lipinski definition) is 2. The first kappa shape index (κ1) is 20.7. The molecule has 1 aromatic heterocycles. The van der Waals surface area contributed by atoms with Crippen molar-refractivity contribution in [3.63, 3.8) is 0 Å². The van der Waals surface area contributed by atoms with E-state index in [0.717, 1.165) is 24.6 Å². The summed E-state index contributed by atoms with van der Waals surface area (Å²) in [6.45, 7) is 6.41. The minimum absolute atomic E-state index is 0.879. The van der Waals surface area contributed by atoms with Gasteiger partial charge in [0.15, 0.2) is 6.39 Å². The molecule has 0 aliphatic carbocycles. The molecule has 0 atom stereocenters. The first-order chi connectivity index (χ1) is 13.2. The van der Waals surface area contributed by atoms with Gasteiger partial charge in [0, 0.05) is 13.1 Å². The molecule has 2 N–H and O–H groups in total. The van der Waals surface area contributed by atoms with Crippen molar-refractivity contribution in [1.82, 2.24) is 15.8 Å². The molecule has 5 heteroatoms. The second kappa shape index (κ2) is 12.7. The molecule has 0 radical (unpaired) electrons. The molecule has 1 aliphatic rings. The van der Waals surface area contributed by atoms with Crippen molar-refractivity contribution in [3.8, 4) is 11.5 Å². The second-order valence-electron chi connectivity index (χ2n) is 6.32. The Kier molecular flexibility index (Phi) is 9.71. The molecule has 1 aliphatic heterocycles. The maximum atomic E-state index is 5.69. The second-order valence-corrected chi connectivity index (χ2v) is 6.32. The number of nitrogens with one attached hydrogen (secondary N) is 2. The topological polar surface area (TPSA) is 59.3 Å². The molecule has 144 valence electrons. The fraction of sp³-hybridized carbons (Fsp3) is 0.318. The van der Waals surface area contributed by atoms with Crippen LogP contribution >= 0.6 is 0 Å². The van der Waals surface area contributed by atoms with Gasteiger partial charge in [-0.15, -0.1) is 0 Å². The first-order valence-corrected chi connectivity index (χ1v) is 9.33. The molecule has 2 aromatic carbocycles. The van der Waals surface area contributed by atoms with Gasteiger partial charge < -0.3 is 9.15 Å². The van der Waals surface area contributed by atoms with Gasteiger partial charge in [0.1, 0.15) is 17.8 Å². The third-order valence-corrected chi connectivity index (χ3v) is 3.85. The van der Waals surface area contributed by atoms with Crippen molar-refractivity contribution in [3.05, 3.63) is 78.5 Å². The van der Waals surface area contributed by atoms with Gasteiger partial charge in [-0.1, -0.05) is 41.8 Å². The molecule has 0 unspecified atom stereocenters. The van der Waals surface area contributed by atoms with E-state index in [1.54, 1.807) is 6.20 Å². The maximum Gasteiger partial charge on any atom is 0.180 e. The summed E-state index contributed by atoms with van der Waals surface area (Å²) in [4.78, 5) is 3.56. The zero-order chi connectivity index (χ0) is 19.2. The van der Waals surface area contributed by atoms with Crippen molar-refractivity contribution in [2.45, 2.75) is 33.1 Å². The molecule has 0 saturated carbocycles. The SMILES string of the molecule is C1CCNNCC1.Cc1ccc(Oc2ccc(C)cc2)cc1.c1cocn1. The normalized spacial score (nSPS) is 13.3. The highest BCUT2D eigenvalue weighted by molar-refractivity contribution is 5.33. The fourth-order valence-corrected chi connectivity index (χ4v) is 2.30. The van der Waals surface area contributed by atoms with Crippen LogP contribution in [0.25, 0.3) is 0 Å². The summed E-state index contributed by atoms with van der Waals surface area (Å²) in [5, 5.41) is 0. The Hall–Kier alpha value is -2.63. The number of benzene rings is 2. The van der Waals surface area contributed by atoms with E-state index in [-0.39, 0.29) is 0 Å². The lowest BCUT2D eigenvalue weighted by Crippen LogP contribution is -2.30. The molecule has 0 spiro atoms. The maximum absolute atomic E-state index is 5.69. The zero-order valence-corrected chi connectivity index (χ0v) is 16.2. The van der Waals surface area contributed by atoms with Crippen molar-refractivity contribution in [2.24, 2.45) is 0 Å². The Bertz CT molecular complexity index is 630. The van der Waals surface area contributed by atoms with Gasteiger partial charge in [0.25, 0.3) is 0 Å². The van der Waals surface area contributed by atoms with Gasteiger partial charge >= 0.3 is 0 Å². The van der Waals surface area contributed by atoms with E-state index in [1.165, 1.54) is 43.0 Å². The van der Waals surface area contributed by atoms with E-state index < -0.39 is 0 Å². The van der Waals surface area contributed by atoms with Gasteiger partial charge in [-0.2, -0.15) is 0 Å². The van der Waals surface area contributed by atoms with Crippen LogP contribution in [0, 0.1) is 13.8 Å². The molecule has 5 nitrogen and oxygen atoms in total. The van der Waals surface area contributed by atoms with Crippen LogP contribution in [-0.4, -0.2) is 18.1 Å². The molecular formula is C22H29N3O2. The minimum Gasteiger partial charge on any atom is -0.457 e. The molecule has 27 heavy (non-hydrogen) atoms. The molecule has 0 bridgehead atoms. The van der Waals surface area contributed by atoms with Crippen LogP contribution in [0.4, 0.5) is 0 Å². The number of nitrogens with zero attached hydrogens (tertiary/aromatic N) is 1. The number of aromatic nitrogens is 1. The van der Waals surface area contributed by atoms with E-state index >= 15 is 0 Å². The van der Waals surface area contributed by atoms with Crippen molar-refractivity contribution in [1.29, 1.82) is 0 Å². The lowest BCUT2D eigenvalue weighted by Gasteiger charge is -2.05. The van der Waals surface area contributed by atoms with Crippen LogP contribution in [0.15, 0.2) is 71.8 Å². The highest BCUT2D eigenvalue weighted by atomic mass is 16.5. The van der Waals surface area contributed by atoms with Gasteiger partial charge in [-0.3, -0.25) is 10.9 Å². The standard InChI is InChI=1S/C14H14O.C5H12N2.C3H3NO/c1-11-3-7-13(8-4-11)15-14-9-5-12(2)6-10-14;1-2-4-6-7-5-3-1;1-2-5-3-4-1/h3-10H,1-2H3;6-7H,1-5H2;1-3H. The van der Waals surface area contributed by atoms with E-state index in [2.05, 4.69) is 34.1 Å². The fourth-order valence-electron chi connectivity index (χ4n) is 2.30. The summed E-state index contributed by atoms with van der Waals surface area (Å²) in [7, 11) is 0. The third kappa shape index (κ3) is 9.58. The van der Waals surface area contributed by atoms with Gasteiger partial charge in [-0.25, -0.2) is 4.98 Å². The highest BCUT2D eigenvalue weighted by Gasteiger charge is 1.96. The Balaban J connectivity index is 0.000000178. The van der Waals surface area contributed by atoms with Crippen LogP contribution in [0.2, 0.25) is 0 Å². The van der Waals surface area contributed by atoms with E-state index in [1.807, 2.05) is 48.5 Å². The van der Waals surface area contributed by atoms with E-state index in [9.17, 15) is 0 Å². The Morgan fingerprint density at radius 2 is 1.30 bits per heavy atom. The number of aryl methyl sites for hydroxylation is 2. The van der Waals surface area contributed by atoms with Crippen LogP contribution in [-0.2, 0) is 0 Å². The first-order valence-electron chi connectivity index (χ1n) is 9.33. The Labute approximate surface area is 161 Å². The minimum atomic E-state index is 0.879. The van der Waals surface area contributed by atoms with Crippen LogP contribution in [0.3, 0.4) is 0 Å². The molecule has 1 saturated heterocycles. The van der Waals surface area contributed by atoms with Crippen LogP contribution in [0.5, 0.6) is 11.5 Å². The summed E-state index contributed by atoms with van der Waals surface area (Å²) in [5.41, 5.74) is 8.68. The smallest absolute Gasteiger partial charge is 0.180 e. The number of rotatable bonds is 2. The van der Waals surface area contributed by atoms with Crippen LogP contribution in [0.1, 0.15) is 30.4 Å². The molecule has 0 amide bonds. The quantitative estimate of drug-likeness (QED) is 0.665.